The van der Waals surface area contributed by atoms with Crippen LogP contribution in [0.5, 0.6) is 11.5 Å². The van der Waals surface area contributed by atoms with Gasteiger partial charge in [0.15, 0.2) is 5.76 Å². The maximum Gasteiger partial charge on any atom is 0.245 e. The molecule has 1 aromatic carbocycles. The summed E-state index contributed by atoms with van der Waals surface area (Å²) in [5.74, 6) is 2.11. The van der Waals surface area contributed by atoms with Crippen LogP contribution in [0, 0.1) is 13.8 Å². The number of fused-ring (bicyclic) bond motifs is 2. The number of nitrogens with zero attached hydrogens (tertiary/aromatic N) is 1. The molecule has 0 radical (unpaired) electrons. The Morgan fingerprint density at radius 2 is 2.00 bits per heavy atom. The summed E-state index contributed by atoms with van der Waals surface area (Å²) in [5.41, 5.74) is 3.70. The summed E-state index contributed by atoms with van der Waals surface area (Å²) in [7, 11) is -3.65. The average molecular weight is 364 g/mol. The van der Waals surface area contributed by atoms with Crippen LogP contribution >= 0.6 is 0 Å². The van der Waals surface area contributed by atoms with E-state index in [1.165, 1.54) is 0 Å². The molecule has 8 heteroatoms. The number of hydrogen-bond donors (Lipinski definition) is 1. The van der Waals surface area contributed by atoms with Gasteiger partial charge in [-0.1, -0.05) is 5.16 Å². The number of hydrogen-bond acceptors (Lipinski definition) is 6. The normalized spacial score (nSPS) is 15.6. The summed E-state index contributed by atoms with van der Waals surface area (Å²) in [6, 6.07) is 2.06. The second-order valence-corrected chi connectivity index (χ2v) is 8.02. The molecule has 0 aliphatic carbocycles. The van der Waals surface area contributed by atoms with E-state index in [4.69, 9.17) is 14.0 Å². The van der Waals surface area contributed by atoms with Crippen molar-refractivity contribution in [3.8, 4) is 11.5 Å². The second-order valence-electron chi connectivity index (χ2n) is 6.32. The lowest BCUT2D eigenvalue weighted by Crippen LogP contribution is -2.27. The number of aromatic nitrogens is 1. The van der Waals surface area contributed by atoms with Crippen LogP contribution in [0.1, 0.15) is 28.1 Å². The van der Waals surface area contributed by atoms with Crippen LogP contribution in [0.25, 0.3) is 0 Å². The molecule has 0 saturated heterocycles. The van der Waals surface area contributed by atoms with E-state index in [9.17, 15) is 8.42 Å². The largest absolute Gasteiger partial charge is 0.493 e. The van der Waals surface area contributed by atoms with Crippen molar-refractivity contribution >= 4 is 10.0 Å². The lowest BCUT2D eigenvalue weighted by molar-refractivity contribution is 0.353. The minimum Gasteiger partial charge on any atom is -0.493 e. The van der Waals surface area contributed by atoms with Gasteiger partial charge >= 0.3 is 0 Å². The average Bonchev–Trinajstić information content (AvgIpc) is 3.26. The van der Waals surface area contributed by atoms with Gasteiger partial charge in [0, 0.05) is 36.1 Å². The monoisotopic (exact) mass is 364 g/mol. The number of nitrogens with one attached hydrogen (secondary N) is 1. The molecule has 1 aromatic heterocycles. The van der Waals surface area contributed by atoms with Crippen LogP contribution in [0.2, 0.25) is 0 Å². The predicted octanol–water partition coefficient (Wildman–Crippen LogP) is 1.68. The molecule has 0 amide bonds. The smallest absolute Gasteiger partial charge is 0.245 e. The highest BCUT2D eigenvalue weighted by atomic mass is 32.2. The third-order valence-electron chi connectivity index (χ3n) is 4.66. The molecule has 0 bridgehead atoms. The van der Waals surface area contributed by atoms with E-state index >= 15 is 0 Å². The Hall–Kier alpha value is -2.06. The Balaban J connectivity index is 1.55. The van der Waals surface area contributed by atoms with Crippen molar-refractivity contribution < 1.29 is 22.4 Å². The minimum absolute atomic E-state index is 0.121. The van der Waals surface area contributed by atoms with Crippen molar-refractivity contribution in [2.24, 2.45) is 0 Å². The Kier molecular flexibility index (Phi) is 3.96. The third-order valence-corrected chi connectivity index (χ3v) is 6.37. The molecular weight excluding hydrogens is 344 g/mol. The molecule has 2 aromatic rings. The fraction of sp³-hybridized carbons (Fsp3) is 0.471. The van der Waals surface area contributed by atoms with Crippen LogP contribution < -0.4 is 14.2 Å². The number of rotatable bonds is 5. The Bertz CT molecular complexity index is 881. The van der Waals surface area contributed by atoms with Crippen LogP contribution in [-0.2, 0) is 29.3 Å². The molecule has 0 atom stereocenters. The zero-order valence-electron chi connectivity index (χ0n) is 14.2. The molecule has 0 saturated carbocycles. The van der Waals surface area contributed by atoms with Crippen molar-refractivity contribution in [2.75, 3.05) is 19.8 Å². The first kappa shape index (κ1) is 16.4. The van der Waals surface area contributed by atoms with E-state index in [1.807, 2.05) is 0 Å². The minimum atomic E-state index is -3.65. The van der Waals surface area contributed by atoms with Gasteiger partial charge in [-0.25, -0.2) is 13.1 Å². The highest BCUT2D eigenvalue weighted by Crippen LogP contribution is 2.40. The quantitative estimate of drug-likeness (QED) is 0.868. The van der Waals surface area contributed by atoms with Crippen molar-refractivity contribution in [2.45, 2.75) is 38.0 Å². The summed E-state index contributed by atoms with van der Waals surface area (Å²) in [5, 5.41) is 3.71. The van der Waals surface area contributed by atoms with Gasteiger partial charge in [-0.2, -0.15) is 0 Å². The van der Waals surface area contributed by atoms with Gasteiger partial charge in [0.2, 0.25) is 10.0 Å². The highest BCUT2D eigenvalue weighted by Gasteiger charge is 2.27. The molecule has 1 N–H and O–H groups in total. The van der Waals surface area contributed by atoms with E-state index in [0.717, 1.165) is 41.0 Å². The molecule has 2 aliphatic rings. The van der Waals surface area contributed by atoms with E-state index in [-0.39, 0.29) is 11.4 Å². The molecule has 0 unspecified atom stereocenters. The molecule has 3 heterocycles. The van der Waals surface area contributed by atoms with Gasteiger partial charge in [-0.05, 0) is 26.3 Å². The third kappa shape index (κ3) is 2.79. The van der Waals surface area contributed by atoms with E-state index < -0.39 is 10.0 Å². The van der Waals surface area contributed by atoms with Gasteiger partial charge in [0.25, 0.3) is 0 Å². The van der Waals surface area contributed by atoms with Crippen LogP contribution in [0.15, 0.2) is 15.5 Å². The topological polar surface area (TPSA) is 90.7 Å². The van der Waals surface area contributed by atoms with E-state index in [1.54, 1.807) is 13.8 Å². The Morgan fingerprint density at radius 1 is 1.20 bits per heavy atom. The standard InChI is InChI=1S/C17H20N2O5S/c1-10-17(11(2)24-19-10)25(20,21)18-6-3-14-13-5-8-22-15(13)9-12-4-7-23-16(12)14/h9,18H,3-8H2,1-2H3. The van der Waals surface area contributed by atoms with Crippen molar-refractivity contribution in [1.29, 1.82) is 0 Å². The number of benzene rings is 1. The molecule has 25 heavy (non-hydrogen) atoms. The molecule has 134 valence electrons. The fourth-order valence-corrected chi connectivity index (χ4v) is 4.95. The van der Waals surface area contributed by atoms with Crippen LogP contribution in [0.3, 0.4) is 0 Å². The molecule has 0 fully saturated rings. The summed E-state index contributed by atoms with van der Waals surface area (Å²) in [4.78, 5) is 0.121. The number of sulfonamides is 1. The Labute approximate surface area is 146 Å². The molecular formula is C17H20N2O5S. The van der Waals surface area contributed by atoms with Crippen LogP contribution in [-0.4, -0.2) is 33.3 Å². The predicted molar refractivity (Wildman–Crippen MR) is 89.7 cm³/mol. The highest BCUT2D eigenvalue weighted by molar-refractivity contribution is 7.89. The first-order chi connectivity index (χ1) is 12.0. The SMILES string of the molecule is Cc1noc(C)c1S(=O)(=O)NCCc1c2c(cc3c1OCC3)OCC2. The van der Waals surface area contributed by atoms with Gasteiger partial charge in [-0.15, -0.1) is 0 Å². The first-order valence-corrected chi connectivity index (χ1v) is 9.81. The molecule has 2 aliphatic heterocycles. The summed E-state index contributed by atoms with van der Waals surface area (Å²) >= 11 is 0. The zero-order valence-corrected chi connectivity index (χ0v) is 15.0. The van der Waals surface area contributed by atoms with Crippen molar-refractivity contribution in [3.05, 3.63) is 34.2 Å². The first-order valence-electron chi connectivity index (χ1n) is 8.33. The lowest BCUT2D eigenvalue weighted by atomic mass is 9.97. The summed E-state index contributed by atoms with van der Waals surface area (Å²) < 4.78 is 44.1. The van der Waals surface area contributed by atoms with Gasteiger partial charge in [0.05, 0.1) is 13.2 Å². The zero-order chi connectivity index (χ0) is 17.6. The molecule has 4 rings (SSSR count). The van der Waals surface area contributed by atoms with Crippen molar-refractivity contribution in [1.82, 2.24) is 9.88 Å². The van der Waals surface area contributed by atoms with Crippen molar-refractivity contribution in [3.63, 3.8) is 0 Å². The lowest BCUT2D eigenvalue weighted by Gasteiger charge is -2.13. The summed E-state index contributed by atoms with van der Waals surface area (Å²) in [6.45, 7) is 4.81. The van der Waals surface area contributed by atoms with Gasteiger partial charge in [0.1, 0.15) is 22.1 Å². The second kappa shape index (κ2) is 6.03. The Morgan fingerprint density at radius 3 is 2.76 bits per heavy atom. The molecule has 7 nitrogen and oxygen atoms in total. The van der Waals surface area contributed by atoms with Crippen LogP contribution in [0.4, 0.5) is 0 Å². The number of ether oxygens (including phenoxy) is 2. The fourth-order valence-electron chi connectivity index (χ4n) is 3.59. The van der Waals surface area contributed by atoms with E-state index in [0.29, 0.717) is 31.1 Å². The van der Waals surface area contributed by atoms with E-state index in [2.05, 4.69) is 15.9 Å². The molecule has 0 spiro atoms. The maximum atomic E-state index is 12.5. The maximum absolute atomic E-state index is 12.5. The van der Waals surface area contributed by atoms with Gasteiger partial charge in [-0.3, -0.25) is 0 Å². The van der Waals surface area contributed by atoms with Gasteiger partial charge < -0.3 is 14.0 Å². The number of aryl methyl sites for hydroxylation is 2. The summed E-state index contributed by atoms with van der Waals surface area (Å²) in [6.07, 6.45) is 2.25.